The minimum atomic E-state index is -0.718. The highest BCUT2D eigenvalue weighted by molar-refractivity contribution is 5.75. The number of hydroxylamine groups is 2. The third-order valence-electron chi connectivity index (χ3n) is 4.62. The molecule has 1 atom stereocenters. The number of unbranched alkanes of at least 4 members (excludes halogenated alkanes) is 3. The van der Waals surface area contributed by atoms with Crippen molar-refractivity contribution < 1.29 is 24.3 Å². The Kier molecular flexibility index (Phi) is 7.02. The second-order valence-corrected chi connectivity index (χ2v) is 7.44. The Balaban J connectivity index is 2.36. The summed E-state index contributed by atoms with van der Waals surface area (Å²) < 4.78 is 10.0. The number of nitrogens with zero attached hydrogens (tertiary/aromatic N) is 1. The van der Waals surface area contributed by atoms with Gasteiger partial charge in [-0.15, -0.1) is 0 Å². The summed E-state index contributed by atoms with van der Waals surface area (Å²) in [4.78, 5) is 23.8. The molecule has 0 radical (unpaired) electrons. The lowest BCUT2D eigenvalue weighted by molar-refractivity contribution is -0.202. The van der Waals surface area contributed by atoms with Crippen molar-refractivity contribution in [2.24, 2.45) is 5.92 Å². The van der Waals surface area contributed by atoms with Crippen molar-refractivity contribution in [1.82, 2.24) is 5.06 Å². The summed E-state index contributed by atoms with van der Waals surface area (Å²) in [6.07, 6.45) is 4.85. The van der Waals surface area contributed by atoms with E-state index in [1.807, 2.05) is 13.8 Å². The molecule has 1 unspecified atom stereocenters. The number of esters is 2. The molecule has 1 heterocycles. The number of ether oxygens (including phenoxy) is 2. The smallest absolute Gasteiger partial charge is 0.313 e. The molecule has 0 amide bonds. The van der Waals surface area contributed by atoms with Crippen LogP contribution in [-0.2, 0) is 19.1 Å². The lowest BCUT2D eigenvalue weighted by atomic mass is 9.87. The molecular weight excluding hydrogens is 298 g/mol. The fraction of sp³-hybridized carbons (Fsp3) is 0.882. The van der Waals surface area contributed by atoms with Crippen molar-refractivity contribution in [2.45, 2.75) is 84.2 Å². The van der Waals surface area contributed by atoms with Gasteiger partial charge >= 0.3 is 11.9 Å². The summed E-state index contributed by atoms with van der Waals surface area (Å²) >= 11 is 0. The van der Waals surface area contributed by atoms with E-state index in [-0.39, 0.29) is 12.8 Å². The normalized spacial score (nSPS) is 22.8. The highest BCUT2D eigenvalue weighted by atomic mass is 16.7. The third-order valence-corrected chi connectivity index (χ3v) is 4.62. The van der Waals surface area contributed by atoms with E-state index in [4.69, 9.17) is 9.47 Å². The predicted octanol–water partition coefficient (Wildman–Crippen LogP) is 3.27. The Bertz CT molecular complexity index is 419. The summed E-state index contributed by atoms with van der Waals surface area (Å²) in [6.45, 7) is 9.10. The minimum absolute atomic E-state index is 0.344. The van der Waals surface area contributed by atoms with Crippen LogP contribution in [-0.4, -0.2) is 40.1 Å². The van der Waals surface area contributed by atoms with E-state index in [2.05, 4.69) is 6.92 Å². The average Bonchev–Trinajstić information content (AvgIpc) is 2.63. The fourth-order valence-electron chi connectivity index (χ4n) is 3.16. The van der Waals surface area contributed by atoms with Crippen molar-refractivity contribution >= 4 is 11.9 Å². The molecule has 0 bridgehead atoms. The number of carbonyl (C=O) groups excluding carboxylic acids is 2. The van der Waals surface area contributed by atoms with E-state index in [0.717, 1.165) is 25.7 Å². The molecule has 0 aliphatic carbocycles. The van der Waals surface area contributed by atoms with Gasteiger partial charge in [-0.1, -0.05) is 26.2 Å². The van der Waals surface area contributed by atoms with E-state index >= 15 is 0 Å². The maximum absolute atomic E-state index is 12.2. The molecule has 134 valence electrons. The van der Waals surface area contributed by atoms with Gasteiger partial charge in [-0.3, -0.25) is 9.59 Å². The second kappa shape index (κ2) is 8.11. The molecule has 1 N–H and O–H groups in total. The van der Waals surface area contributed by atoms with Gasteiger partial charge in [0.25, 0.3) is 0 Å². The van der Waals surface area contributed by atoms with Crippen molar-refractivity contribution in [3.8, 4) is 0 Å². The number of hydrogen-bond acceptors (Lipinski definition) is 6. The van der Waals surface area contributed by atoms with Gasteiger partial charge < -0.3 is 14.7 Å². The lowest BCUT2D eigenvalue weighted by Gasteiger charge is -2.35. The molecule has 1 fully saturated rings. The van der Waals surface area contributed by atoms with E-state index < -0.39 is 23.0 Å². The largest absolute Gasteiger partial charge is 0.428 e. The standard InChI is InChI=1S/C17H31NO5/c1-6-7-8-9-10-14(19)22-12-23-15(20)13-11-16(2,3)18(21)17(13,4)5/h13,21H,6-12H2,1-5H3. The van der Waals surface area contributed by atoms with Gasteiger partial charge in [0, 0.05) is 12.0 Å². The molecule has 0 aromatic rings. The summed E-state index contributed by atoms with van der Waals surface area (Å²) in [5.41, 5.74) is -1.21. The van der Waals surface area contributed by atoms with E-state index in [0.29, 0.717) is 12.8 Å². The Morgan fingerprint density at radius 2 is 1.78 bits per heavy atom. The summed E-state index contributed by atoms with van der Waals surface area (Å²) in [7, 11) is 0. The molecular formula is C17H31NO5. The van der Waals surface area contributed by atoms with Crippen LogP contribution in [0, 0.1) is 5.92 Å². The maximum atomic E-state index is 12.2. The van der Waals surface area contributed by atoms with Gasteiger partial charge in [-0.25, -0.2) is 0 Å². The van der Waals surface area contributed by atoms with E-state index in [1.54, 1.807) is 13.8 Å². The molecule has 23 heavy (non-hydrogen) atoms. The van der Waals surface area contributed by atoms with Crippen molar-refractivity contribution in [3.63, 3.8) is 0 Å². The quantitative estimate of drug-likeness (QED) is 0.418. The van der Waals surface area contributed by atoms with Gasteiger partial charge in [0.05, 0.1) is 11.5 Å². The molecule has 0 aromatic carbocycles. The van der Waals surface area contributed by atoms with E-state index in [1.165, 1.54) is 5.06 Å². The highest BCUT2D eigenvalue weighted by Gasteiger charge is 2.54. The van der Waals surface area contributed by atoms with Crippen LogP contribution in [0.1, 0.15) is 73.1 Å². The SMILES string of the molecule is CCCCCCC(=O)OCOC(=O)C1CC(C)(C)N(O)C1(C)C. The number of rotatable bonds is 8. The summed E-state index contributed by atoms with van der Waals surface area (Å²) in [6, 6.07) is 0. The lowest BCUT2D eigenvalue weighted by Crippen LogP contribution is -2.48. The first-order chi connectivity index (χ1) is 10.6. The Morgan fingerprint density at radius 1 is 1.13 bits per heavy atom. The Morgan fingerprint density at radius 3 is 2.30 bits per heavy atom. The fourth-order valence-corrected chi connectivity index (χ4v) is 3.16. The van der Waals surface area contributed by atoms with E-state index in [9.17, 15) is 14.8 Å². The topological polar surface area (TPSA) is 76.1 Å². The van der Waals surface area contributed by atoms with Gasteiger partial charge in [0.2, 0.25) is 6.79 Å². The van der Waals surface area contributed by atoms with Crippen LogP contribution in [0.5, 0.6) is 0 Å². The molecule has 0 spiro atoms. The first-order valence-electron chi connectivity index (χ1n) is 8.44. The van der Waals surface area contributed by atoms with Crippen LogP contribution in [0.3, 0.4) is 0 Å². The Hall–Kier alpha value is -1.14. The molecule has 1 rings (SSSR count). The minimum Gasteiger partial charge on any atom is -0.428 e. The summed E-state index contributed by atoms with van der Waals surface area (Å²) in [5.74, 6) is -1.26. The highest BCUT2D eigenvalue weighted by Crippen LogP contribution is 2.43. The monoisotopic (exact) mass is 329 g/mol. The van der Waals surface area contributed by atoms with Crippen LogP contribution in [0.2, 0.25) is 0 Å². The van der Waals surface area contributed by atoms with Crippen LogP contribution in [0.4, 0.5) is 0 Å². The first kappa shape index (κ1) is 19.9. The predicted molar refractivity (Wildman–Crippen MR) is 85.7 cm³/mol. The molecule has 6 heteroatoms. The molecule has 1 saturated heterocycles. The van der Waals surface area contributed by atoms with Crippen LogP contribution in [0.15, 0.2) is 0 Å². The van der Waals surface area contributed by atoms with Crippen molar-refractivity contribution in [1.29, 1.82) is 0 Å². The molecule has 0 aromatic heterocycles. The van der Waals surface area contributed by atoms with Crippen LogP contribution < -0.4 is 0 Å². The molecule has 0 saturated carbocycles. The first-order valence-corrected chi connectivity index (χ1v) is 8.44. The average molecular weight is 329 g/mol. The van der Waals surface area contributed by atoms with Crippen LogP contribution >= 0.6 is 0 Å². The van der Waals surface area contributed by atoms with Crippen molar-refractivity contribution in [2.75, 3.05) is 6.79 Å². The maximum Gasteiger partial charge on any atom is 0.313 e. The van der Waals surface area contributed by atoms with Gasteiger partial charge in [0.1, 0.15) is 0 Å². The molecule has 6 nitrogen and oxygen atoms in total. The zero-order valence-corrected chi connectivity index (χ0v) is 15.1. The third kappa shape index (κ3) is 5.18. The van der Waals surface area contributed by atoms with Crippen molar-refractivity contribution in [3.05, 3.63) is 0 Å². The van der Waals surface area contributed by atoms with Gasteiger partial charge in [-0.2, -0.15) is 5.06 Å². The Labute approximate surface area is 139 Å². The van der Waals surface area contributed by atoms with Crippen LogP contribution in [0.25, 0.3) is 0 Å². The number of hydrogen-bond donors (Lipinski definition) is 1. The zero-order chi connectivity index (χ0) is 17.7. The van der Waals surface area contributed by atoms with Gasteiger partial charge in [0.15, 0.2) is 0 Å². The second-order valence-electron chi connectivity index (χ2n) is 7.44. The number of carbonyl (C=O) groups is 2. The zero-order valence-electron chi connectivity index (χ0n) is 15.1. The van der Waals surface area contributed by atoms with Gasteiger partial charge in [-0.05, 0) is 40.5 Å². The molecule has 1 aliphatic rings. The summed E-state index contributed by atoms with van der Waals surface area (Å²) in [5, 5.41) is 11.4. The molecule has 1 aliphatic heterocycles.